The van der Waals surface area contributed by atoms with Crippen molar-refractivity contribution in [3.8, 4) is 22.7 Å². The molecule has 5 heteroatoms. The first kappa shape index (κ1) is 20.0. The van der Waals surface area contributed by atoms with Crippen LogP contribution in [-0.4, -0.2) is 29.6 Å². The number of rotatable bonds is 5. The number of hydrogen-bond acceptors (Lipinski definition) is 3. The molecule has 4 nitrogen and oxygen atoms in total. The third-order valence-electron chi connectivity index (χ3n) is 5.66. The summed E-state index contributed by atoms with van der Waals surface area (Å²) >= 11 is 6.12. The minimum atomic E-state index is 0.282. The quantitative estimate of drug-likeness (QED) is 0.508. The fourth-order valence-corrected chi connectivity index (χ4v) is 4.10. The van der Waals surface area contributed by atoms with Crippen molar-refractivity contribution in [2.45, 2.75) is 38.7 Å². The number of para-hydroxylation sites is 2. The normalized spacial score (nSPS) is 19.5. The smallest absolute Gasteiger partial charge is 0.144 e. The van der Waals surface area contributed by atoms with Gasteiger partial charge in [0.1, 0.15) is 11.4 Å². The molecule has 1 aliphatic heterocycles. The van der Waals surface area contributed by atoms with Crippen LogP contribution in [0.25, 0.3) is 16.9 Å². The van der Waals surface area contributed by atoms with Gasteiger partial charge in [0.25, 0.3) is 0 Å². The van der Waals surface area contributed by atoms with E-state index in [1.807, 2.05) is 53.2 Å². The van der Waals surface area contributed by atoms with Crippen LogP contribution in [0.2, 0.25) is 5.02 Å². The van der Waals surface area contributed by atoms with E-state index >= 15 is 0 Å². The first-order valence-electron chi connectivity index (χ1n) is 10.2. The Balaban J connectivity index is 1.80. The highest BCUT2D eigenvalue weighted by Gasteiger charge is 2.28. The monoisotopic (exact) mass is 410 g/mol. The van der Waals surface area contributed by atoms with E-state index in [-0.39, 0.29) is 6.10 Å². The third-order valence-corrected chi connectivity index (χ3v) is 5.91. The Morgan fingerprint density at radius 1 is 1.14 bits per heavy atom. The van der Waals surface area contributed by atoms with Gasteiger partial charge < -0.3 is 9.47 Å². The summed E-state index contributed by atoms with van der Waals surface area (Å²) in [7, 11) is 1.69. The van der Waals surface area contributed by atoms with Crippen molar-refractivity contribution < 1.29 is 9.47 Å². The third kappa shape index (κ3) is 4.19. The van der Waals surface area contributed by atoms with Crippen LogP contribution >= 0.6 is 11.6 Å². The predicted octanol–water partition coefficient (Wildman–Crippen LogP) is 6.12. The van der Waals surface area contributed by atoms with E-state index in [2.05, 4.69) is 19.9 Å². The van der Waals surface area contributed by atoms with Crippen LogP contribution in [0.5, 0.6) is 5.75 Å². The number of benzene rings is 2. The van der Waals surface area contributed by atoms with Crippen LogP contribution in [0.4, 0.5) is 0 Å². The molecule has 4 rings (SSSR count). The Morgan fingerprint density at radius 3 is 2.62 bits per heavy atom. The Hall–Kier alpha value is -2.30. The van der Waals surface area contributed by atoms with Crippen molar-refractivity contribution in [1.29, 1.82) is 0 Å². The molecule has 1 saturated heterocycles. The number of hydrogen-bond donors (Lipinski definition) is 0. The molecule has 0 N–H and O–H groups in total. The summed E-state index contributed by atoms with van der Waals surface area (Å²) in [6.07, 6.45) is 2.27. The average molecular weight is 411 g/mol. The van der Waals surface area contributed by atoms with Gasteiger partial charge in [-0.2, -0.15) is 5.10 Å². The maximum atomic E-state index is 6.12. The van der Waals surface area contributed by atoms with Crippen LogP contribution < -0.4 is 4.74 Å². The first-order valence-corrected chi connectivity index (χ1v) is 10.6. The molecular formula is C24H27ClN2O2. The highest BCUT2D eigenvalue weighted by molar-refractivity contribution is 6.30. The minimum Gasteiger partial charge on any atom is -0.494 e. The maximum absolute atomic E-state index is 6.12. The minimum absolute atomic E-state index is 0.282. The molecule has 3 aromatic rings. The first-order chi connectivity index (χ1) is 14.1. The standard InChI is InChI=1S/C24H27ClN2O2/c1-16(2)24-14-18(12-13-29-24)20-15-22(17-8-10-19(25)11-9-17)27(26-20)21-6-4-5-7-23(21)28-3/h4-11,15-16,18,24H,12-14H2,1-3H3/t18-,24+/m1/s1. The van der Waals surface area contributed by atoms with Gasteiger partial charge in [0.2, 0.25) is 0 Å². The number of methoxy groups -OCH3 is 1. The van der Waals surface area contributed by atoms with E-state index in [1.54, 1.807) is 7.11 Å². The summed E-state index contributed by atoms with van der Waals surface area (Å²) < 4.78 is 13.6. The molecule has 0 aliphatic carbocycles. The van der Waals surface area contributed by atoms with E-state index in [9.17, 15) is 0 Å². The second-order valence-corrected chi connectivity index (χ2v) is 8.36. The summed E-state index contributed by atoms with van der Waals surface area (Å²) in [4.78, 5) is 0. The summed E-state index contributed by atoms with van der Waals surface area (Å²) in [5.41, 5.74) is 4.15. The van der Waals surface area contributed by atoms with E-state index in [4.69, 9.17) is 26.2 Å². The molecule has 0 amide bonds. The highest BCUT2D eigenvalue weighted by Crippen LogP contribution is 2.36. The molecule has 29 heavy (non-hydrogen) atoms. The largest absolute Gasteiger partial charge is 0.494 e. The summed E-state index contributed by atoms with van der Waals surface area (Å²) in [6.45, 7) is 5.23. The van der Waals surface area contributed by atoms with Gasteiger partial charge in [-0.05, 0) is 49.1 Å². The zero-order valence-corrected chi connectivity index (χ0v) is 17.9. The molecule has 0 radical (unpaired) electrons. The average Bonchev–Trinajstić information content (AvgIpc) is 3.19. The van der Waals surface area contributed by atoms with Gasteiger partial charge >= 0.3 is 0 Å². The van der Waals surface area contributed by atoms with Crippen molar-refractivity contribution >= 4 is 11.6 Å². The highest BCUT2D eigenvalue weighted by atomic mass is 35.5. The van der Waals surface area contributed by atoms with E-state index in [0.717, 1.165) is 52.9 Å². The van der Waals surface area contributed by atoms with Crippen LogP contribution in [-0.2, 0) is 4.74 Å². The SMILES string of the molecule is COc1ccccc1-n1nc([C@@H]2CCO[C@H](C(C)C)C2)cc1-c1ccc(Cl)cc1. The summed E-state index contributed by atoms with van der Waals surface area (Å²) in [5.74, 6) is 1.69. The molecule has 1 aromatic heterocycles. The molecule has 2 heterocycles. The number of nitrogens with zero attached hydrogens (tertiary/aromatic N) is 2. The van der Waals surface area contributed by atoms with Crippen molar-refractivity contribution in [3.05, 3.63) is 65.3 Å². The molecule has 1 fully saturated rings. The Kier molecular flexibility index (Phi) is 5.93. The molecule has 2 aromatic carbocycles. The molecule has 0 unspecified atom stereocenters. The van der Waals surface area contributed by atoms with Crippen molar-refractivity contribution in [2.24, 2.45) is 5.92 Å². The maximum Gasteiger partial charge on any atom is 0.144 e. The van der Waals surface area contributed by atoms with Gasteiger partial charge in [-0.15, -0.1) is 0 Å². The predicted molar refractivity (Wildman–Crippen MR) is 117 cm³/mol. The van der Waals surface area contributed by atoms with Gasteiger partial charge in [0, 0.05) is 23.1 Å². The fourth-order valence-electron chi connectivity index (χ4n) is 3.97. The zero-order chi connectivity index (χ0) is 20.4. The zero-order valence-electron chi connectivity index (χ0n) is 17.1. The molecule has 152 valence electrons. The van der Waals surface area contributed by atoms with Gasteiger partial charge in [-0.25, -0.2) is 4.68 Å². The lowest BCUT2D eigenvalue weighted by molar-refractivity contribution is -0.0207. The summed E-state index contributed by atoms with van der Waals surface area (Å²) in [5, 5.41) is 5.78. The van der Waals surface area contributed by atoms with Gasteiger partial charge in [-0.1, -0.05) is 49.7 Å². The lowest BCUT2D eigenvalue weighted by Gasteiger charge is -2.31. The van der Waals surface area contributed by atoms with E-state index in [0.29, 0.717) is 11.8 Å². The molecule has 0 saturated carbocycles. The van der Waals surface area contributed by atoms with Crippen LogP contribution in [0.15, 0.2) is 54.6 Å². The van der Waals surface area contributed by atoms with Crippen LogP contribution in [0.1, 0.15) is 38.3 Å². The van der Waals surface area contributed by atoms with E-state index < -0.39 is 0 Å². The second-order valence-electron chi connectivity index (χ2n) is 7.92. The lowest BCUT2D eigenvalue weighted by Crippen LogP contribution is -2.29. The van der Waals surface area contributed by atoms with Crippen molar-refractivity contribution in [1.82, 2.24) is 9.78 Å². The topological polar surface area (TPSA) is 36.3 Å². The Bertz CT molecular complexity index is 965. The van der Waals surface area contributed by atoms with Crippen molar-refractivity contribution in [3.63, 3.8) is 0 Å². The van der Waals surface area contributed by atoms with Gasteiger partial charge in [0.15, 0.2) is 0 Å². The van der Waals surface area contributed by atoms with Gasteiger partial charge in [-0.3, -0.25) is 0 Å². The second kappa shape index (κ2) is 8.60. The number of aromatic nitrogens is 2. The van der Waals surface area contributed by atoms with Crippen LogP contribution in [0, 0.1) is 5.92 Å². The fraction of sp³-hybridized carbons (Fsp3) is 0.375. The Morgan fingerprint density at radius 2 is 1.90 bits per heavy atom. The van der Waals surface area contributed by atoms with Gasteiger partial charge in [0.05, 0.1) is 24.6 Å². The summed E-state index contributed by atoms with van der Waals surface area (Å²) in [6, 6.07) is 18.1. The van der Waals surface area contributed by atoms with E-state index in [1.165, 1.54) is 0 Å². The molecule has 0 spiro atoms. The molecule has 2 atom stereocenters. The number of ether oxygens (including phenoxy) is 2. The molecular weight excluding hydrogens is 384 g/mol. The van der Waals surface area contributed by atoms with Crippen LogP contribution in [0.3, 0.4) is 0 Å². The number of halogens is 1. The Labute approximate surface area is 177 Å². The van der Waals surface area contributed by atoms with Crippen molar-refractivity contribution in [2.75, 3.05) is 13.7 Å². The molecule has 1 aliphatic rings. The molecule has 0 bridgehead atoms. The lowest BCUT2D eigenvalue weighted by atomic mass is 9.88.